The highest BCUT2D eigenvalue weighted by Crippen LogP contribution is 2.27. The van der Waals surface area contributed by atoms with E-state index in [2.05, 4.69) is 37.9 Å². The van der Waals surface area contributed by atoms with Crippen molar-refractivity contribution in [2.24, 2.45) is 17.8 Å². The van der Waals surface area contributed by atoms with E-state index < -0.39 is 0 Å². The molecule has 2 saturated heterocycles. The monoisotopic (exact) mass is 413 g/mol. The molecule has 0 radical (unpaired) electrons. The molecular formula is C25H39N3O2. The average Bonchev–Trinajstić information content (AvgIpc) is 2.71. The van der Waals surface area contributed by atoms with E-state index >= 15 is 0 Å². The Kier molecular flexibility index (Phi) is 7.22. The molecule has 166 valence electrons. The van der Waals surface area contributed by atoms with E-state index in [1.54, 1.807) is 0 Å². The minimum Gasteiger partial charge on any atom is -0.354 e. The van der Waals surface area contributed by atoms with E-state index in [4.69, 9.17) is 0 Å². The fraction of sp³-hybridized carbons (Fsp3) is 0.680. The van der Waals surface area contributed by atoms with Crippen molar-refractivity contribution < 1.29 is 9.59 Å². The summed E-state index contributed by atoms with van der Waals surface area (Å²) in [6.07, 6.45) is 3.01. The van der Waals surface area contributed by atoms with E-state index in [9.17, 15) is 9.59 Å². The summed E-state index contributed by atoms with van der Waals surface area (Å²) in [6.45, 7) is 15.2. The highest BCUT2D eigenvalue weighted by molar-refractivity contribution is 5.94. The summed E-state index contributed by atoms with van der Waals surface area (Å²) >= 11 is 0. The highest BCUT2D eigenvalue weighted by Gasteiger charge is 2.34. The van der Waals surface area contributed by atoms with Gasteiger partial charge in [0.1, 0.15) is 0 Å². The molecule has 1 N–H and O–H groups in total. The van der Waals surface area contributed by atoms with Crippen LogP contribution in [0.1, 0.15) is 62.9 Å². The Morgan fingerprint density at radius 2 is 1.70 bits per heavy atom. The highest BCUT2D eigenvalue weighted by atomic mass is 16.2. The fourth-order valence-electron chi connectivity index (χ4n) is 4.97. The molecule has 2 aliphatic heterocycles. The molecule has 2 aliphatic rings. The molecule has 0 aliphatic carbocycles. The molecule has 0 aromatic heterocycles. The van der Waals surface area contributed by atoms with Crippen molar-refractivity contribution in [2.45, 2.75) is 59.4 Å². The Bertz CT molecular complexity index is 733. The van der Waals surface area contributed by atoms with Crippen LogP contribution in [0, 0.1) is 24.7 Å². The number of rotatable bonds is 5. The third-order valence-electron chi connectivity index (χ3n) is 6.80. The number of likely N-dealkylation sites (tertiary alicyclic amines) is 2. The predicted molar refractivity (Wildman–Crippen MR) is 121 cm³/mol. The van der Waals surface area contributed by atoms with Gasteiger partial charge >= 0.3 is 0 Å². The normalized spacial score (nSPS) is 25.8. The number of hydrogen-bond acceptors (Lipinski definition) is 3. The lowest BCUT2D eigenvalue weighted by Crippen LogP contribution is -2.57. The Labute approximate surface area is 182 Å². The molecule has 30 heavy (non-hydrogen) atoms. The van der Waals surface area contributed by atoms with E-state index in [1.807, 2.05) is 36.1 Å². The topological polar surface area (TPSA) is 52.7 Å². The maximum absolute atomic E-state index is 12.9. The number of benzene rings is 1. The third-order valence-corrected chi connectivity index (χ3v) is 6.80. The van der Waals surface area contributed by atoms with Gasteiger partial charge < -0.3 is 10.2 Å². The van der Waals surface area contributed by atoms with Crippen LogP contribution in [-0.4, -0.2) is 59.9 Å². The van der Waals surface area contributed by atoms with Crippen molar-refractivity contribution in [2.75, 3.05) is 32.7 Å². The van der Waals surface area contributed by atoms with Crippen molar-refractivity contribution in [3.8, 4) is 0 Å². The minimum atomic E-state index is -0.122. The molecule has 0 spiro atoms. The second-order valence-electron chi connectivity index (χ2n) is 10.3. The third kappa shape index (κ3) is 5.63. The summed E-state index contributed by atoms with van der Waals surface area (Å²) in [7, 11) is 0. The number of carbonyl (C=O) groups excluding carboxylic acids is 2. The SMILES string of the molecule is Cc1ccc(C(=O)N2CCCC(C(=O)NCC(C)(C)N3CC(C)CC(C)C3)C2)cc1. The first kappa shape index (κ1) is 22.8. The van der Waals surface area contributed by atoms with E-state index in [-0.39, 0.29) is 23.3 Å². The molecule has 5 nitrogen and oxygen atoms in total. The number of aryl methyl sites for hydroxylation is 1. The Balaban J connectivity index is 1.54. The summed E-state index contributed by atoms with van der Waals surface area (Å²) in [6, 6.07) is 7.69. The van der Waals surface area contributed by atoms with E-state index in [0.29, 0.717) is 30.5 Å². The number of hydrogen-bond donors (Lipinski definition) is 1. The van der Waals surface area contributed by atoms with E-state index in [0.717, 1.165) is 38.0 Å². The summed E-state index contributed by atoms with van der Waals surface area (Å²) in [5, 5.41) is 3.21. The van der Waals surface area contributed by atoms with Gasteiger partial charge in [0.05, 0.1) is 5.92 Å². The standard InChI is InChI=1S/C25H39N3O2/c1-18-8-10-21(11-9-18)24(30)27-12-6-7-22(16-27)23(29)26-17-25(4,5)28-14-19(2)13-20(3)15-28/h8-11,19-20,22H,6-7,12-17H2,1-5H3,(H,26,29). The van der Waals surface area contributed by atoms with Crippen molar-refractivity contribution in [3.05, 3.63) is 35.4 Å². The van der Waals surface area contributed by atoms with Crippen molar-refractivity contribution in [3.63, 3.8) is 0 Å². The number of nitrogens with zero attached hydrogens (tertiary/aromatic N) is 2. The molecule has 2 heterocycles. The molecule has 5 heteroatoms. The zero-order valence-corrected chi connectivity index (χ0v) is 19.4. The predicted octanol–water partition coefficient (Wildman–Crippen LogP) is 3.72. The van der Waals surface area contributed by atoms with Crippen LogP contribution in [0.25, 0.3) is 0 Å². The van der Waals surface area contributed by atoms with Gasteiger partial charge in [-0.3, -0.25) is 14.5 Å². The molecule has 0 saturated carbocycles. The first-order valence-electron chi connectivity index (χ1n) is 11.5. The largest absolute Gasteiger partial charge is 0.354 e. The summed E-state index contributed by atoms with van der Waals surface area (Å²) in [5.74, 6) is 1.39. The lowest BCUT2D eigenvalue weighted by Gasteiger charge is -2.45. The van der Waals surface area contributed by atoms with Crippen molar-refractivity contribution in [1.29, 1.82) is 0 Å². The van der Waals surface area contributed by atoms with Crippen LogP contribution in [0.5, 0.6) is 0 Å². The van der Waals surface area contributed by atoms with Gasteiger partial charge in [-0.05, 0) is 64.0 Å². The fourth-order valence-corrected chi connectivity index (χ4v) is 4.97. The number of nitrogens with one attached hydrogen (secondary N) is 1. The molecule has 1 aromatic rings. The molecule has 3 unspecified atom stereocenters. The molecule has 3 rings (SSSR count). The zero-order chi connectivity index (χ0) is 21.9. The van der Waals surface area contributed by atoms with Crippen LogP contribution < -0.4 is 5.32 Å². The van der Waals surface area contributed by atoms with Crippen LogP contribution in [-0.2, 0) is 4.79 Å². The quantitative estimate of drug-likeness (QED) is 0.800. The number of carbonyl (C=O) groups is 2. The van der Waals surface area contributed by atoms with Crippen LogP contribution in [0.4, 0.5) is 0 Å². The summed E-state index contributed by atoms with van der Waals surface area (Å²) < 4.78 is 0. The lowest BCUT2D eigenvalue weighted by molar-refractivity contribution is -0.127. The first-order chi connectivity index (χ1) is 14.2. The van der Waals surface area contributed by atoms with Gasteiger partial charge in [-0.25, -0.2) is 0 Å². The second kappa shape index (κ2) is 9.51. The first-order valence-corrected chi connectivity index (χ1v) is 11.5. The summed E-state index contributed by atoms with van der Waals surface area (Å²) in [4.78, 5) is 30.2. The van der Waals surface area contributed by atoms with Gasteiger partial charge in [-0.1, -0.05) is 31.5 Å². The Hall–Kier alpha value is -1.88. The lowest BCUT2D eigenvalue weighted by atomic mass is 9.88. The average molecular weight is 414 g/mol. The Morgan fingerprint density at radius 3 is 2.33 bits per heavy atom. The molecule has 2 amide bonds. The molecule has 2 fully saturated rings. The smallest absolute Gasteiger partial charge is 0.253 e. The van der Waals surface area contributed by atoms with Crippen molar-refractivity contribution in [1.82, 2.24) is 15.1 Å². The van der Waals surface area contributed by atoms with Crippen molar-refractivity contribution >= 4 is 11.8 Å². The molecule has 0 bridgehead atoms. The van der Waals surface area contributed by atoms with Gasteiger partial charge in [-0.2, -0.15) is 0 Å². The van der Waals surface area contributed by atoms with Crippen LogP contribution in [0.3, 0.4) is 0 Å². The van der Waals surface area contributed by atoms with Gasteiger partial charge in [0, 0.05) is 43.8 Å². The second-order valence-corrected chi connectivity index (χ2v) is 10.3. The van der Waals surface area contributed by atoms with Crippen LogP contribution in [0.2, 0.25) is 0 Å². The number of amides is 2. The Morgan fingerprint density at radius 1 is 1.07 bits per heavy atom. The maximum Gasteiger partial charge on any atom is 0.253 e. The van der Waals surface area contributed by atoms with Gasteiger partial charge in [0.2, 0.25) is 5.91 Å². The molecular weight excluding hydrogens is 374 g/mol. The molecule has 1 aromatic carbocycles. The summed E-state index contributed by atoms with van der Waals surface area (Å²) in [5.41, 5.74) is 1.78. The maximum atomic E-state index is 12.9. The van der Waals surface area contributed by atoms with Crippen LogP contribution >= 0.6 is 0 Å². The van der Waals surface area contributed by atoms with Crippen LogP contribution in [0.15, 0.2) is 24.3 Å². The number of piperidine rings is 2. The van der Waals surface area contributed by atoms with E-state index in [1.165, 1.54) is 6.42 Å². The van der Waals surface area contributed by atoms with Gasteiger partial charge in [-0.15, -0.1) is 0 Å². The van der Waals surface area contributed by atoms with Gasteiger partial charge in [0.25, 0.3) is 5.91 Å². The molecule has 3 atom stereocenters. The zero-order valence-electron chi connectivity index (χ0n) is 19.4. The minimum absolute atomic E-state index is 0.0316. The van der Waals surface area contributed by atoms with Gasteiger partial charge in [0.15, 0.2) is 0 Å².